The molecule has 5 heteroatoms. The van der Waals surface area contributed by atoms with E-state index in [-0.39, 0.29) is 11.5 Å². The highest BCUT2D eigenvalue weighted by molar-refractivity contribution is 7.91. The molecule has 0 amide bonds. The van der Waals surface area contributed by atoms with Gasteiger partial charge in [-0.25, -0.2) is 8.42 Å². The molecule has 0 saturated heterocycles. The van der Waals surface area contributed by atoms with Gasteiger partial charge in [0.1, 0.15) is 0 Å². The van der Waals surface area contributed by atoms with Crippen LogP contribution >= 0.6 is 0 Å². The first kappa shape index (κ1) is 27.8. The molecular weight excluding hydrogens is 406 g/mol. The topological polar surface area (TPSA) is 54.5 Å². The number of ketones is 1. The molecule has 31 heavy (non-hydrogen) atoms. The second-order valence-electron chi connectivity index (χ2n) is 9.10. The smallest absolute Gasteiger partial charge is 0.178 e. The Balaban J connectivity index is 2.11. The number of carbonyl (C=O) groups excluding carboxylic acids is 1. The Morgan fingerprint density at radius 3 is 1.55 bits per heavy atom. The number of hydrogen-bond donors (Lipinski definition) is 0. The third kappa shape index (κ3) is 13.1. The van der Waals surface area contributed by atoms with Gasteiger partial charge in [0.15, 0.2) is 15.6 Å². The van der Waals surface area contributed by atoms with Crippen LogP contribution < -0.4 is 0 Å². The quantitative estimate of drug-likeness (QED) is 0.174. The van der Waals surface area contributed by atoms with Gasteiger partial charge in [-0.15, -0.1) is 0 Å². The third-order valence-electron chi connectivity index (χ3n) is 5.76. The highest BCUT2D eigenvalue weighted by Crippen LogP contribution is 2.17. The van der Waals surface area contributed by atoms with Gasteiger partial charge in [0, 0.05) is 5.56 Å². The van der Waals surface area contributed by atoms with Gasteiger partial charge in [0.2, 0.25) is 0 Å². The van der Waals surface area contributed by atoms with E-state index in [1.54, 1.807) is 24.3 Å². The predicted octanol–water partition coefficient (Wildman–Crippen LogP) is 6.69. The van der Waals surface area contributed by atoms with E-state index in [1.165, 1.54) is 70.6 Å². The molecular formula is C26H45NO3S. The highest BCUT2D eigenvalue weighted by atomic mass is 32.2. The molecule has 0 aliphatic heterocycles. The molecule has 178 valence electrons. The lowest BCUT2D eigenvalue weighted by Crippen LogP contribution is -2.21. The van der Waals surface area contributed by atoms with E-state index in [1.807, 2.05) is 19.0 Å². The monoisotopic (exact) mass is 451 g/mol. The van der Waals surface area contributed by atoms with Gasteiger partial charge >= 0.3 is 0 Å². The molecule has 1 aromatic carbocycles. The maximum Gasteiger partial charge on any atom is 0.178 e. The Labute approximate surface area is 191 Å². The number of rotatable bonds is 19. The minimum absolute atomic E-state index is 0.000853. The number of sulfone groups is 1. The maximum atomic E-state index is 12.5. The van der Waals surface area contributed by atoms with E-state index in [0.717, 1.165) is 12.8 Å². The van der Waals surface area contributed by atoms with Crippen LogP contribution in [0.1, 0.15) is 107 Å². The molecule has 1 rings (SSSR count). The zero-order chi connectivity index (χ0) is 23.0. The lowest BCUT2D eigenvalue weighted by Gasteiger charge is -2.09. The van der Waals surface area contributed by atoms with Crippen molar-refractivity contribution in [2.45, 2.75) is 102 Å². The van der Waals surface area contributed by atoms with Gasteiger partial charge in [0.25, 0.3) is 0 Å². The molecule has 0 saturated carbocycles. The summed E-state index contributed by atoms with van der Waals surface area (Å²) in [6, 6.07) is 6.40. The van der Waals surface area contributed by atoms with E-state index in [0.29, 0.717) is 23.4 Å². The van der Waals surface area contributed by atoms with Crippen molar-refractivity contribution in [1.82, 2.24) is 4.90 Å². The number of hydrogen-bond acceptors (Lipinski definition) is 4. The highest BCUT2D eigenvalue weighted by Gasteiger charge is 2.15. The second kappa shape index (κ2) is 16.4. The molecule has 0 bridgehead atoms. The normalized spacial score (nSPS) is 11.9. The molecule has 4 nitrogen and oxygen atoms in total. The molecule has 0 heterocycles. The lowest BCUT2D eigenvalue weighted by molar-refractivity contribution is 0.0957. The summed E-state index contributed by atoms with van der Waals surface area (Å²) in [5.41, 5.74) is 0.559. The van der Waals surface area contributed by atoms with Crippen molar-refractivity contribution in [2.75, 3.05) is 26.4 Å². The molecule has 1 aromatic rings. The largest absolute Gasteiger partial charge is 0.302 e. The SMILES string of the molecule is CCCCCCCCCCCCCCCCS(=O)(=O)c1ccc(C(=O)CN(C)C)cc1. The molecule has 0 aromatic heterocycles. The number of likely N-dealkylation sites (N-methyl/N-ethyl adjacent to an activating group) is 1. The Hall–Kier alpha value is -1.20. The summed E-state index contributed by atoms with van der Waals surface area (Å²) in [6.07, 6.45) is 17.6. The summed E-state index contributed by atoms with van der Waals surface area (Å²) in [4.78, 5) is 14.2. The number of carbonyl (C=O) groups is 1. The van der Waals surface area contributed by atoms with Crippen LogP contribution in [0.15, 0.2) is 29.2 Å². The average Bonchev–Trinajstić information content (AvgIpc) is 2.73. The van der Waals surface area contributed by atoms with Gasteiger partial charge < -0.3 is 4.90 Å². The summed E-state index contributed by atoms with van der Waals surface area (Å²) < 4.78 is 25.0. The molecule has 0 aliphatic carbocycles. The minimum Gasteiger partial charge on any atom is -0.302 e. The zero-order valence-electron chi connectivity index (χ0n) is 20.2. The second-order valence-corrected chi connectivity index (χ2v) is 11.2. The van der Waals surface area contributed by atoms with Crippen LogP contribution in [0.25, 0.3) is 0 Å². The Bertz CT molecular complexity index is 696. The first-order chi connectivity index (χ1) is 14.9. The minimum atomic E-state index is -3.26. The summed E-state index contributed by atoms with van der Waals surface area (Å²) in [5.74, 6) is 0.191. The predicted molar refractivity (Wildman–Crippen MR) is 132 cm³/mol. The maximum absolute atomic E-state index is 12.5. The van der Waals surface area contributed by atoms with E-state index in [2.05, 4.69) is 6.92 Å². The molecule has 0 aliphatic rings. The van der Waals surface area contributed by atoms with Gasteiger partial charge in [-0.3, -0.25) is 4.79 Å². The van der Waals surface area contributed by atoms with Gasteiger partial charge in [0.05, 0.1) is 17.2 Å². The van der Waals surface area contributed by atoms with Crippen LogP contribution in [0.2, 0.25) is 0 Å². The Morgan fingerprint density at radius 2 is 1.13 bits per heavy atom. The fourth-order valence-electron chi connectivity index (χ4n) is 3.83. The summed E-state index contributed by atoms with van der Waals surface area (Å²) in [6.45, 7) is 2.58. The van der Waals surface area contributed by atoms with Crippen molar-refractivity contribution in [3.8, 4) is 0 Å². The van der Waals surface area contributed by atoms with Crippen LogP contribution in [-0.4, -0.2) is 45.5 Å². The van der Waals surface area contributed by atoms with Crippen molar-refractivity contribution >= 4 is 15.6 Å². The molecule has 0 spiro atoms. The fraction of sp³-hybridized carbons (Fsp3) is 0.731. The van der Waals surface area contributed by atoms with Crippen molar-refractivity contribution in [1.29, 1.82) is 0 Å². The average molecular weight is 452 g/mol. The summed E-state index contributed by atoms with van der Waals surface area (Å²) >= 11 is 0. The number of unbranched alkanes of at least 4 members (excludes halogenated alkanes) is 13. The van der Waals surface area contributed by atoms with Gasteiger partial charge in [-0.05, 0) is 32.6 Å². The number of nitrogens with zero attached hydrogens (tertiary/aromatic N) is 1. The van der Waals surface area contributed by atoms with Crippen LogP contribution in [0.3, 0.4) is 0 Å². The van der Waals surface area contributed by atoms with Crippen LogP contribution in [0.5, 0.6) is 0 Å². The van der Waals surface area contributed by atoms with E-state index < -0.39 is 9.84 Å². The Morgan fingerprint density at radius 1 is 0.710 bits per heavy atom. The molecule has 0 fully saturated rings. The van der Waals surface area contributed by atoms with E-state index >= 15 is 0 Å². The van der Waals surface area contributed by atoms with Gasteiger partial charge in [-0.2, -0.15) is 0 Å². The molecule has 0 N–H and O–H groups in total. The third-order valence-corrected chi connectivity index (χ3v) is 7.58. The van der Waals surface area contributed by atoms with Crippen molar-refractivity contribution in [3.63, 3.8) is 0 Å². The van der Waals surface area contributed by atoms with E-state index in [9.17, 15) is 13.2 Å². The molecule has 0 unspecified atom stereocenters. The lowest BCUT2D eigenvalue weighted by atomic mass is 10.0. The van der Waals surface area contributed by atoms with Crippen LogP contribution in [0, 0.1) is 0 Å². The standard InChI is InChI=1S/C26H45NO3S/c1-4-5-6-7-8-9-10-11-12-13-14-15-16-17-22-31(29,30)25-20-18-24(19-21-25)26(28)23-27(2)3/h18-21H,4-17,22-23H2,1-3H3. The number of Topliss-reactive ketones (excluding diaryl/α,β-unsaturated/α-hetero) is 1. The Kier molecular flexibility index (Phi) is 14.8. The molecule has 0 atom stereocenters. The first-order valence-corrected chi connectivity index (χ1v) is 14.0. The number of benzene rings is 1. The summed E-state index contributed by atoms with van der Waals surface area (Å²) in [7, 11) is 0.417. The summed E-state index contributed by atoms with van der Waals surface area (Å²) in [5, 5.41) is 0. The zero-order valence-corrected chi connectivity index (χ0v) is 21.0. The van der Waals surface area contributed by atoms with Crippen LogP contribution in [-0.2, 0) is 9.84 Å². The van der Waals surface area contributed by atoms with Crippen molar-refractivity contribution in [2.24, 2.45) is 0 Å². The first-order valence-electron chi connectivity index (χ1n) is 12.4. The van der Waals surface area contributed by atoms with Crippen molar-refractivity contribution in [3.05, 3.63) is 29.8 Å². The van der Waals surface area contributed by atoms with Gasteiger partial charge in [-0.1, -0.05) is 103 Å². The fourth-order valence-corrected chi connectivity index (χ4v) is 5.20. The van der Waals surface area contributed by atoms with E-state index in [4.69, 9.17) is 0 Å². The van der Waals surface area contributed by atoms with Crippen LogP contribution in [0.4, 0.5) is 0 Å². The van der Waals surface area contributed by atoms with Crippen molar-refractivity contribution < 1.29 is 13.2 Å². The molecule has 0 radical (unpaired) electrons.